The molecule has 1 heterocycles. The first-order valence-electron chi connectivity index (χ1n) is 7.45. The maximum absolute atomic E-state index is 5.92. The van der Waals surface area contributed by atoms with E-state index in [0.717, 1.165) is 62.7 Å². The Morgan fingerprint density at radius 1 is 1.40 bits per heavy atom. The van der Waals surface area contributed by atoms with Gasteiger partial charge in [-0.05, 0) is 18.9 Å². The van der Waals surface area contributed by atoms with Crippen LogP contribution in [0.15, 0.2) is 18.2 Å². The summed E-state index contributed by atoms with van der Waals surface area (Å²) in [6.07, 6.45) is 3.26. The predicted molar refractivity (Wildman–Crippen MR) is 79.5 cm³/mol. The molecule has 1 saturated heterocycles. The topological polar surface area (TPSA) is 39.7 Å². The minimum Gasteiger partial charge on any atom is -0.493 e. The second-order valence-corrected chi connectivity index (χ2v) is 5.09. The summed E-state index contributed by atoms with van der Waals surface area (Å²) in [7, 11) is 1.68. The quantitative estimate of drug-likeness (QED) is 0.743. The van der Waals surface area contributed by atoms with E-state index in [2.05, 4.69) is 18.3 Å². The highest BCUT2D eigenvalue weighted by Gasteiger charge is 2.16. The summed E-state index contributed by atoms with van der Waals surface area (Å²) in [5.41, 5.74) is 1.15. The van der Waals surface area contributed by atoms with Crippen molar-refractivity contribution >= 4 is 0 Å². The molecule has 1 fully saturated rings. The highest BCUT2D eigenvalue weighted by Crippen LogP contribution is 2.31. The molecule has 1 aliphatic rings. The van der Waals surface area contributed by atoms with E-state index in [4.69, 9.17) is 14.2 Å². The average Bonchev–Trinajstić information content (AvgIpc) is 2.99. The predicted octanol–water partition coefficient (Wildman–Crippen LogP) is 2.75. The first-order valence-corrected chi connectivity index (χ1v) is 7.45. The van der Waals surface area contributed by atoms with Crippen molar-refractivity contribution in [1.29, 1.82) is 0 Å². The van der Waals surface area contributed by atoms with Crippen molar-refractivity contribution < 1.29 is 14.2 Å². The lowest BCUT2D eigenvalue weighted by molar-refractivity contribution is 0.189. The summed E-state index contributed by atoms with van der Waals surface area (Å²) in [6.45, 7) is 5.34. The van der Waals surface area contributed by atoms with Crippen molar-refractivity contribution in [2.45, 2.75) is 38.8 Å². The van der Waals surface area contributed by atoms with Gasteiger partial charge in [0.2, 0.25) is 0 Å². The lowest BCUT2D eigenvalue weighted by Gasteiger charge is -2.17. The zero-order valence-electron chi connectivity index (χ0n) is 12.5. The fraction of sp³-hybridized carbons (Fsp3) is 0.625. The molecule has 0 radical (unpaired) electrons. The fourth-order valence-electron chi connectivity index (χ4n) is 2.29. The molecule has 1 atom stereocenters. The number of unbranched alkanes of at least 4 members (excludes halogenated alkanes) is 1. The van der Waals surface area contributed by atoms with Gasteiger partial charge in [-0.2, -0.15) is 0 Å². The van der Waals surface area contributed by atoms with Crippen LogP contribution < -0.4 is 14.8 Å². The Balaban J connectivity index is 2.00. The lowest BCUT2D eigenvalue weighted by Crippen LogP contribution is -2.28. The van der Waals surface area contributed by atoms with Crippen molar-refractivity contribution in [3.63, 3.8) is 0 Å². The zero-order valence-corrected chi connectivity index (χ0v) is 12.5. The zero-order chi connectivity index (χ0) is 14.2. The van der Waals surface area contributed by atoms with Crippen LogP contribution in [0.25, 0.3) is 0 Å². The number of benzene rings is 1. The van der Waals surface area contributed by atoms with Gasteiger partial charge in [0.25, 0.3) is 0 Å². The summed E-state index contributed by atoms with van der Waals surface area (Å²) in [5, 5.41) is 3.52. The van der Waals surface area contributed by atoms with Crippen molar-refractivity contribution in [1.82, 2.24) is 5.32 Å². The molecular weight excluding hydrogens is 254 g/mol. The van der Waals surface area contributed by atoms with Gasteiger partial charge in [-0.25, -0.2) is 0 Å². The largest absolute Gasteiger partial charge is 0.493 e. The van der Waals surface area contributed by atoms with Crippen LogP contribution in [0.5, 0.6) is 11.5 Å². The van der Waals surface area contributed by atoms with E-state index in [1.54, 1.807) is 7.11 Å². The molecule has 0 amide bonds. The number of methoxy groups -OCH3 is 1. The van der Waals surface area contributed by atoms with Crippen LogP contribution >= 0.6 is 0 Å². The van der Waals surface area contributed by atoms with Crippen molar-refractivity contribution in [2.75, 3.05) is 26.9 Å². The molecule has 112 valence electrons. The van der Waals surface area contributed by atoms with E-state index in [0.29, 0.717) is 6.04 Å². The Kier molecular flexibility index (Phi) is 6.15. The monoisotopic (exact) mass is 279 g/mol. The molecule has 1 N–H and O–H groups in total. The van der Waals surface area contributed by atoms with Crippen LogP contribution in [-0.4, -0.2) is 33.0 Å². The maximum atomic E-state index is 5.92. The highest BCUT2D eigenvalue weighted by molar-refractivity contribution is 5.46. The third kappa shape index (κ3) is 4.12. The number of nitrogens with one attached hydrogen (secondary N) is 1. The number of rotatable bonds is 8. The molecule has 0 bridgehead atoms. The SMILES string of the molecule is CCCCOc1c(CN[C@@H]2CCOC2)cccc1OC. The second kappa shape index (κ2) is 8.12. The molecule has 1 aromatic carbocycles. The number of ether oxygens (including phenoxy) is 3. The van der Waals surface area contributed by atoms with Crippen LogP contribution in [0.4, 0.5) is 0 Å². The molecule has 1 aromatic rings. The number of hydrogen-bond donors (Lipinski definition) is 1. The molecule has 0 unspecified atom stereocenters. The molecule has 20 heavy (non-hydrogen) atoms. The van der Waals surface area contributed by atoms with Crippen LogP contribution in [0, 0.1) is 0 Å². The van der Waals surface area contributed by atoms with Crippen molar-refractivity contribution in [3.8, 4) is 11.5 Å². The fourth-order valence-corrected chi connectivity index (χ4v) is 2.29. The molecule has 4 nitrogen and oxygen atoms in total. The maximum Gasteiger partial charge on any atom is 0.165 e. The van der Waals surface area contributed by atoms with E-state index >= 15 is 0 Å². The number of hydrogen-bond acceptors (Lipinski definition) is 4. The third-order valence-corrected chi connectivity index (χ3v) is 3.54. The molecule has 4 heteroatoms. The van der Waals surface area contributed by atoms with E-state index < -0.39 is 0 Å². The van der Waals surface area contributed by atoms with E-state index in [9.17, 15) is 0 Å². The van der Waals surface area contributed by atoms with Gasteiger partial charge in [0, 0.05) is 24.8 Å². The van der Waals surface area contributed by atoms with Gasteiger partial charge < -0.3 is 19.5 Å². The first-order chi connectivity index (χ1) is 9.85. The Hall–Kier alpha value is -1.26. The smallest absolute Gasteiger partial charge is 0.165 e. The molecule has 0 saturated carbocycles. The van der Waals surface area contributed by atoms with Gasteiger partial charge in [-0.15, -0.1) is 0 Å². The standard InChI is InChI=1S/C16H25NO3/c1-3-4-9-20-16-13(6-5-7-15(16)18-2)11-17-14-8-10-19-12-14/h5-7,14,17H,3-4,8-12H2,1-2H3/t14-/m1/s1. The summed E-state index contributed by atoms with van der Waals surface area (Å²) in [5.74, 6) is 1.68. The average molecular weight is 279 g/mol. The van der Waals surface area contributed by atoms with Crippen molar-refractivity contribution in [3.05, 3.63) is 23.8 Å². The number of para-hydroxylation sites is 1. The third-order valence-electron chi connectivity index (χ3n) is 3.54. The Morgan fingerprint density at radius 3 is 3.00 bits per heavy atom. The molecule has 0 aromatic heterocycles. The Bertz CT molecular complexity index is 403. The summed E-state index contributed by atoms with van der Waals surface area (Å²) >= 11 is 0. The summed E-state index contributed by atoms with van der Waals surface area (Å²) in [4.78, 5) is 0. The molecule has 2 rings (SSSR count). The van der Waals surface area contributed by atoms with E-state index in [-0.39, 0.29) is 0 Å². The van der Waals surface area contributed by atoms with Crippen LogP contribution in [-0.2, 0) is 11.3 Å². The van der Waals surface area contributed by atoms with E-state index in [1.165, 1.54) is 0 Å². The van der Waals surface area contributed by atoms with Crippen LogP contribution in [0.1, 0.15) is 31.7 Å². The Morgan fingerprint density at radius 2 is 2.30 bits per heavy atom. The summed E-state index contributed by atoms with van der Waals surface area (Å²) in [6, 6.07) is 6.49. The van der Waals surface area contributed by atoms with Gasteiger partial charge in [0.05, 0.1) is 20.3 Å². The van der Waals surface area contributed by atoms with Gasteiger partial charge in [-0.1, -0.05) is 25.5 Å². The molecular formula is C16H25NO3. The normalized spacial score (nSPS) is 18.2. The second-order valence-electron chi connectivity index (χ2n) is 5.09. The Labute approximate surface area is 121 Å². The molecule has 0 spiro atoms. The van der Waals surface area contributed by atoms with Gasteiger partial charge in [-0.3, -0.25) is 0 Å². The summed E-state index contributed by atoms with van der Waals surface area (Å²) < 4.78 is 16.7. The first kappa shape index (κ1) is 15.1. The molecule has 1 aliphatic heterocycles. The minimum absolute atomic E-state index is 0.449. The highest BCUT2D eigenvalue weighted by atomic mass is 16.5. The molecule has 0 aliphatic carbocycles. The lowest BCUT2D eigenvalue weighted by atomic mass is 10.1. The van der Waals surface area contributed by atoms with Gasteiger partial charge >= 0.3 is 0 Å². The van der Waals surface area contributed by atoms with Gasteiger partial charge in [0.15, 0.2) is 11.5 Å². The minimum atomic E-state index is 0.449. The van der Waals surface area contributed by atoms with Crippen LogP contribution in [0.2, 0.25) is 0 Å². The van der Waals surface area contributed by atoms with E-state index in [1.807, 2.05) is 12.1 Å². The van der Waals surface area contributed by atoms with Gasteiger partial charge in [0.1, 0.15) is 0 Å². The van der Waals surface area contributed by atoms with Crippen LogP contribution in [0.3, 0.4) is 0 Å². The van der Waals surface area contributed by atoms with Crippen molar-refractivity contribution in [2.24, 2.45) is 0 Å².